The van der Waals surface area contributed by atoms with Crippen LogP contribution in [0.15, 0.2) is 30.3 Å². The van der Waals surface area contributed by atoms with Crippen molar-refractivity contribution in [1.82, 2.24) is 0 Å². The molecule has 1 aromatic carbocycles. The molecule has 0 amide bonds. The van der Waals surface area contributed by atoms with E-state index in [0.717, 1.165) is 5.56 Å². The van der Waals surface area contributed by atoms with Crippen LogP contribution in [0, 0.1) is 5.41 Å². The second-order valence-electron chi connectivity index (χ2n) is 5.43. The van der Waals surface area contributed by atoms with Crippen molar-refractivity contribution < 1.29 is 4.79 Å². The summed E-state index contributed by atoms with van der Waals surface area (Å²) in [5.41, 5.74) is 6.08. The van der Waals surface area contributed by atoms with Gasteiger partial charge in [-0.25, -0.2) is 0 Å². The Bertz CT molecular complexity index is 360. The number of benzene rings is 1. The Kier molecular flexibility index (Phi) is 3.54. The maximum absolute atomic E-state index is 12.2. The summed E-state index contributed by atoms with van der Waals surface area (Å²) in [6.45, 7) is 7.63. The molecule has 0 aliphatic carbocycles. The van der Waals surface area contributed by atoms with Gasteiger partial charge in [0.25, 0.3) is 0 Å². The van der Waals surface area contributed by atoms with Crippen molar-refractivity contribution in [1.29, 1.82) is 0 Å². The molecule has 0 saturated carbocycles. The summed E-state index contributed by atoms with van der Waals surface area (Å²) in [4.78, 5) is 12.2. The minimum absolute atomic E-state index is 0.186. The van der Waals surface area contributed by atoms with E-state index in [2.05, 4.69) is 0 Å². The second kappa shape index (κ2) is 4.38. The van der Waals surface area contributed by atoms with Crippen LogP contribution in [-0.4, -0.2) is 11.3 Å². The lowest BCUT2D eigenvalue weighted by atomic mass is 9.71. The summed E-state index contributed by atoms with van der Waals surface area (Å²) >= 11 is 0. The highest BCUT2D eigenvalue weighted by Gasteiger charge is 2.39. The lowest BCUT2D eigenvalue weighted by molar-refractivity contribution is -0.129. The number of Topliss-reactive ketones (excluding diaryl/α,β-unsaturated/α-hetero) is 1. The van der Waals surface area contributed by atoms with Crippen LogP contribution in [0.5, 0.6) is 0 Å². The number of carbonyl (C=O) groups is 1. The Labute approximate surface area is 97.9 Å². The van der Waals surface area contributed by atoms with Gasteiger partial charge in [0, 0.05) is 17.4 Å². The van der Waals surface area contributed by atoms with Crippen LogP contribution in [-0.2, 0) is 11.2 Å². The summed E-state index contributed by atoms with van der Waals surface area (Å²) in [5.74, 6) is 0.186. The predicted molar refractivity (Wildman–Crippen MR) is 67.2 cm³/mol. The molecule has 0 aliphatic heterocycles. The number of ketones is 1. The van der Waals surface area contributed by atoms with Gasteiger partial charge in [-0.1, -0.05) is 44.2 Å². The molecule has 0 radical (unpaired) electrons. The highest BCUT2D eigenvalue weighted by molar-refractivity contribution is 5.87. The van der Waals surface area contributed by atoms with Crippen molar-refractivity contribution in [3.8, 4) is 0 Å². The zero-order chi connectivity index (χ0) is 12.4. The fourth-order valence-electron chi connectivity index (χ4n) is 1.36. The fraction of sp³-hybridized carbons (Fsp3) is 0.500. The summed E-state index contributed by atoms with van der Waals surface area (Å²) < 4.78 is 0. The first kappa shape index (κ1) is 12.9. The van der Waals surface area contributed by atoms with Gasteiger partial charge in [0.05, 0.1) is 0 Å². The number of hydrogen-bond donors (Lipinski definition) is 1. The lowest BCUT2D eigenvalue weighted by Gasteiger charge is -2.37. The Hall–Kier alpha value is -1.15. The molecule has 0 aromatic heterocycles. The topological polar surface area (TPSA) is 43.1 Å². The molecule has 1 aromatic rings. The van der Waals surface area contributed by atoms with Crippen molar-refractivity contribution >= 4 is 5.78 Å². The van der Waals surface area contributed by atoms with Crippen LogP contribution in [0.1, 0.15) is 33.3 Å². The molecule has 0 spiro atoms. The molecule has 2 N–H and O–H groups in total. The first-order chi connectivity index (χ1) is 7.25. The van der Waals surface area contributed by atoms with E-state index in [1.165, 1.54) is 0 Å². The summed E-state index contributed by atoms with van der Waals surface area (Å²) in [6.07, 6.45) is 0.453. The van der Waals surface area contributed by atoms with E-state index >= 15 is 0 Å². The van der Waals surface area contributed by atoms with Gasteiger partial charge in [-0.2, -0.15) is 0 Å². The van der Waals surface area contributed by atoms with Gasteiger partial charge in [-0.15, -0.1) is 0 Å². The molecule has 2 heteroatoms. The average Bonchev–Trinajstić information content (AvgIpc) is 2.17. The normalized spacial score (nSPS) is 12.6. The minimum atomic E-state index is -0.511. The van der Waals surface area contributed by atoms with E-state index < -0.39 is 11.0 Å². The van der Waals surface area contributed by atoms with Gasteiger partial charge >= 0.3 is 0 Å². The fourth-order valence-corrected chi connectivity index (χ4v) is 1.36. The van der Waals surface area contributed by atoms with Crippen molar-refractivity contribution in [3.05, 3.63) is 35.9 Å². The van der Waals surface area contributed by atoms with E-state index in [-0.39, 0.29) is 5.78 Å². The largest absolute Gasteiger partial charge is 0.325 e. The van der Waals surface area contributed by atoms with E-state index in [0.29, 0.717) is 6.42 Å². The molecule has 0 saturated heterocycles. The smallest absolute Gasteiger partial charge is 0.144 e. The monoisotopic (exact) mass is 219 g/mol. The van der Waals surface area contributed by atoms with Gasteiger partial charge in [-0.3, -0.25) is 4.79 Å². The zero-order valence-electron chi connectivity index (χ0n) is 10.6. The number of rotatable bonds is 4. The number of nitrogens with two attached hydrogens (primary N) is 1. The Morgan fingerprint density at radius 1 is 1.12 bits per heavy atom. The van der Waals surface area contributed by atoms with E-state index in [4.69, 9.17) is 5.73 Å². The van der Waals surface area contributed by atoms with Crippen LogP contribution in [0.4, 0.5) is 0 Å². The van der Waals surface area contributed by atoms with Gasteiger partial charge < -0.3 is 5.73 Å². The van der Waals surface area contributed by atoms with Gasteiger partial charge in [0.2, 0.25) is 0 Å². The molecule has 0 unspecified atom stereocenters. The van der Waals surface area contributed by atoms with Crippen LogP contribution in [0.3, 0.4) is 0 Å². The first-order valence-electron chi connectivity index (χ1n) is 5.61. The summed E-state index contributed by atoms with van der Waals surface area (Å²) in [6, 6.07) is 9.79. The van der Waals surface area contributed by atoms with E-state index in [1.807, 2.05) is 58.0 Å². The highest BCUT2D eigenvalue weighted by Crippen LogP contribution is 2.30. The Balaban J connectivity index is 2.81. The quantitative estimate of drug-likeness (QED) is 0.845. The van der Waals surface area contributed by atoms with Crippen LogP contribution < -0.4 is 5.73 Å². The van der Waals surface area contributed by atoms with Crippen molar-refractivity contribution in [3.63, 3.8) is 0 Å². The maximum Gasteiger partial charge on any atom is 0.144 e. The number of carbonyl (C=O) groups excluding carboxylic acids is 1. The molecule has 0 atom stereocenters. The van der Waals surface area contributed by atoms with E-state index in [1.54, 1.807) is 0 Å². The molecule has 88 valence electrons. The van der Waals surface area contributed by atoms with Crippen molar-refractivity contribution in [2.24, 2.45) is 11.1 Å². The highest BCUT2D eigenvalue weighted by atomic mass is 16.1. The minimum Gasteiger partial charge on any atom is -0.325 e. The van der Waals surface area contributed by atoms with Crippen molar-refractivity contribution in [2.45, 2.75) is 39.7 Å². The van der Waals surface area contributed by atoms with Crippen LogP contribution in [0.2, 0.25) is 0 Å². The van der Waals surface area contributed by atoms with Crippen LogP contribution >= 0.6 is 0 Å². The first-order valence-corrected chi connectivity index (χ1v) is 5.61. The maximum atomic E-state index is 12.2. The Morgan fingerprint density at radius 2 is 1.62 bits per heavy atom. The molecule has 0 heterocycles. The third-order valence-corrected chi connectivity index (χ3v) is 3.52. The SMILES string of the molecule is CC(C)(N)C(C)(C)C(=O)Cc1ccccc1. The van der Waals surface area contributed by atoms with E-state index in [9.17, 15) is 4.79 Å². The van der Waals surface area contributed by atoms with Crippen LogP contribution in [0.25, 0.3) is 0 Å². The molecule has 0 bridgehead atoms. The molecule has 0 fully saturated rings. The standard InChI is InChI=1S/C14H21NO/c1-13(2,14(3,4)15)12(16)10-11-8-6-5-7-9-11/h5-9H,10,15H2,1-4H3. The van der Waals surface area contributed by atoms with Gasteiger partial charge in [0.1, 0.15) is 5.78 Å². The van der Waals surface area contributed by atoms with Crippen molar-refractivity contribution in [2.75, 3.05) is 0 Å². The third kappa shape index (κ3) is 2.70. The molecular weight excluding hydrogens is 198 g/mol. The summed E-state index contributed by atoms with van der Waals surface area (Å²) in [7, 11) is 0. The molecule has 0 aliphatic rings. The van der Waals surface area contributed by atoms with Gasteiger partial charge in [0.15, 0.2) is 0 Å². The molecule has 1 rings (SSSR count). The second-order valence-corrected chi connectivity index (χ2v) is 5.43. The predicted octanol–water partition coefficient (Wildman–Crippen LogP) is 2.56. The zero-order valence-corrected chi connectivity index (χ0v) is 10.6. The lowest BCUT2D eigenvalue weighted by Crippen LogP contribution is -2.52. The Morgan fingerprint density at radius 3 is 2.06 bits per heavy atom. The number of hydrogen-bond acceptors (Lipinski definition) is 2. The summed E-state index contributed by atoms with van der Waals surface area (Å²) in [5, 5.41) is 0. The third-order valence-electron chi connectivity index (χ3n) is 3.52. The van der Waals surface area contributed by atoms with Gasteiger partial charge in [-0.05, 0) is 19.4 Å². The molecule has 2 nitrogen and oxygen atoms in total. The molecule has 16 heavy (non-hydrogen) atoms. The average molecular weight is 219 g/mol. The molecular formula is C14H21NO.